The molecule has 5 nitrogen and oxygen atoms in total. The van der Waals surface area contributed by atoms with Crippen LogP contribution in [0.2, 0.25) is 0 Å². The summed E-state index contributed by atoms with van der Waals surface area (Å²) >= 11 is 0. The number of carbonyl (C=O) groups is 2. The van der Waals surface area contributed by atoms with Crippen LogP contribution in [-0.2, 0) is 14.3 Å². The maximum Gasteiger partial charge on any atom is 0.246 e. The van der Waals surface area contributed by atoms with Crippen LogP contribution in [-0.4, -0.2) is 47.6 Å². The molecule has 112 valence electrons. The summed E-state index contributed by atoms with van der Waals surface area (Å²) in [5.74, 6) is 0.0364. The number of hydrogen-bond acceptors (Lipinski definition) is 3. The lowest BCUT2D eigenvalue weighted by Gasteiger charge is -2.37. The first-order valence-corrected chi connectivity index (χ1v) is 7.61. The van der Waals surface area contributed by atoms with Crippen LogP contribution in [0.1, 0.15) is 46.5 Å². The molecule has 2 amide bonds. The lowest BCUT2D eigenvalue weighted by Crippen LogP contribution is -2.55. The zero-order valence-corrected chi connectivity index (χ0v) is 12.5. The van der Waals surface area contributed by atoms with E-state index < -0.39 is 6.04 Å². The Kier molecular flexibility index (Phi) is 3.27. The highest BCUT2D eigenvalue weighted by Gasteiger charge is 2.48. The third-order valence-electron chi connectivity index (χ3n) is 4.76. The smallest absolute Gasteiger partial charge is 0.246 e. The van der Waals surface area contributed by atoms with E-state index in [9.17, 15) is 9.59 Å². The van der Waals surface area contributed by atoms with Crippen LogP contribution in [0.15, 0.2) is 0 Å². The molecule has 0 saturated carbocycles. The van der Waals surface area contributed by atoms with Gasteiger partial charge in [0.1, 0.15) is 6.04 Å². The maximum absolute atomic E-state index is 12.9. The minimum Gasteiger partial charge on any atom is -0.373 e. The summed E-state index contributed by atoms with van der Waals surface area (Å²) in [5, 5.41) is 2.90. The first kappa shape index (κ1) is 13.9. The standard InChI is InChI=1S/C15H24N2O3/c1-15(2,3)13-14(19)17(7-6-12(18)16-13)10-8-9-4-5-11(10)20-9/h9-11,13H,4-8H2,1-3H3,(H,16,18). The second-order valence-corrected chi connectivity index (χ2v) is 7.33. The molecule has 4 atom stereocenters. The van der Waals surface area contributed by atoms with E-state index in [1.54, 1.807) is 0 Å². The molecule has 0 aromatic carbocycles. The number of carbonyl (C=O) groups excluding carboxylic acids is 2. The Labute approximate surface area is 120 Å². The van der Waals surface area contributed by atoms with Gasteiger partial charge in [-0.05, 0) is 24.7 Å². The van der Waals surface area contributed by atoms with E-state index in [-0.39, 0.29) is 29.4 Å². The highest BCUT2D eigenvalue weighted by molar-refractivity contribution is 5.90. The van der Waals surface area contributed by atoms with Crippen molar-refractivity contribution in [2.75, 3.05) is 6.54 Å². The van der Waals surface area contributed by atoms with Crippen molar-refractivity contribution in [1.82, 2.24) is 10.2 Å². The highest BCUT2D eigenvalue weighted by Crippen LogP contribution is 2.38. The zero-order valence-electron chi connectivity index (χ0n) is 12.5. The molecular weight excluding hydrogens is 256 g/mol. The molecule has 3 heterocycles. The van der Waals surface area contributed by atoms with Gasteiger partial charge >= 0.3 is 0 Å². The second-order valence-electron chi connectivity index (χ2n) is 7.33. The van der Waals surface area contributed by atoms with E-state index >= 15 is 0 Å². The fourth-order valence-corrected chi connectivity index (χ4v) is 3.65. The molecule has 0 aromatic rings. The van der Waals surface area contributed by atoms with Crippen LogP contribution in [0.4, 0.5) is 0 Å². The average Bonchev–Trinajstić information content (AvgIpc) is 2.93. The van der Waals surface area contributed by atoms with E-state index in [1.807, 2.05) is 25.7 Å². The topological polar surface area (TPSA) is 58.6 Å². The van der Waals surface area contributed by atoms with Gasteiger partial charge in [-0.3, -0.25) is 9.59 Å². The fourth-order valence-electron chi connectivity index (χ4n) is 3.65. The van der Waals surface area contributed by atoms with E-state index in [1.165, 1.54) is 0 Å². The molecule has 3 fully saturated rings. The van der Waals surface area contributed by atoms with Crippen molar-refractivity contribution < 1.29 is 14.3 Å². The molecule has 1 N–H and O–H groups in total. The third kappa shape index (κ3) is 2.32. The van der Waals surface area contributed by atoms with Crippen molar-refractivity contribution in [2.45, 2.75) is 70.7 Å². The minimum absolute atomic E-state index is 0.0233. The molecule has 3 aliphatic rings. The summed E-state index contributed by atoms with van der Waals surface area (Å²) in [4.78, 5) is 26.7. The van der Waals surface area contributed by atoms with E-state index in [4.69, 9.17) is 4.74 Å². The SMILES string of the molecule is CC(C)(C)C1NC(=O)CCN(C2CC3CCC2O3)C1=O. The van der Waals surface area contributed by atoms with Crippen molar-refractivity contribution in [3.63, 3.8) is 0 Å². The summed E-state index contributed by atoms with van der Waals surface area (Å²) in [6.07, 6.45) is 3.98. The Hall–Kier alpha value is -1.10. The quantitative estimate of drug-likeness (QED) is 0.781. The minimum atomic E-state index is -0.434. The van der Waals surface area contributed by atoms with Crippen LogP contribution < -0.4 is 5.32 Å². The Morgan fingerprint density at radius 3 is 2.55 bits per heavy atom. The predicted molar refractivity (Wildman–Crippen MR) is 74.0 cm³/mol. The van der Waals surface area contributed by atoms with Gasteiger partial charge < -0.3 is 15.0 Å². The van der Waals surface area contributed by atoms with Crippen LogP contribution in [0.3, 0.4) is 0 Å². The first-order valence-electron chi connectivity index (χ1n) is 7.61. The molecule has 20 heavy (non-hydrogen) atoms. The Morgan fingerprint density at radius 1 is 1.25 bits per heavy atom. The maximum atomic E-state index is 12.9. The number of hydrogen-bond donors (Lipinski definition) is 1. The molecule has 3 rings (SSSR count). The van der Waals surface area contributed by atoms with Crippen molar-refractivity contribution in [2.24, 2.45) is 5.41 Å². The molecule has 2 bridgehead atoms. The molecule has 5 heteroatoms. The molecular formula is C15H24N2O3. The number of nitrogens with zero attached hydrogens (tertiary/aromatic N) is 1. The lowest BCUT2D eigenvalue weighted by molar-refractivity contribution is -0.139. The second kappa shape index (κ2) is 4.72. The van der Waals surface area contributed by atoms with Crippen molar-refractivity contribution in [3.05, 3.63) is 0 Å². The van der Waals surface area contributed by atoms with Gasteiger partial charge in [-0.2, -0.15) is 0 Å². The number of fused-ring (bicyclic) bond motifs is 2. The van der Waals surface area contributed by atoms with Gasteiger partial charge in [-0.1, -0.05) is 20.8 Å². The van der Waals surface area contributed by atoms with E-state index in [2.05, 4.69) is 5.32 Å². The van der Waals surface area contributed by atoms with E-state index in [0.29, 0.717) is 19.1 Å². The summed E-state index contributed by atoms with van der Waals surface area (Å²) in [6.45, 7) is 6.51. The number of ether oxygens (including phenoxy) is 1. The van der Waals surface area contributed by atoms with Crippen LogP contribution in [0.25, 0.3) is 0 Å². The molecule has 0 aliphatic carbocycles. The average molecular weight is 280 g/mol. The van der Waals surface area contributed by atoms with Crippen LogP contribution in [0.5, 0.6) is 0 Å². The molecule has 0 spiro atoms. The van der Waals surface area contributed by atoms with Crippen molar-refractivity contribution in [3.8, 4) is 0 Å². The summed E-state index contributed by atoms with van der Waals surface area (Å²) < 4.78 is 5.88. The van der Waals surface area contributed by atoms with Gasteiger partial charge in [0.05, 0.1) is 18.2 Å². The summed E-state index contributed by atoms with van der Waals surface area (Å²) in [6, 6.07) is -0.268. The molecule has 0 aromatic heterocycles. The summed E-state index contributed by atoms with van der Waals surface area (Å²) in [5.41, 5.74) is -0.270. The van der Waals surface area contributed by atoms with Gasteiger partial charge in [0, 0.05) is 13.0 Å². The van der Waals surface area contributed by atoms with Crippen LogP contribution in [0, 0.1) is 5.41 Å². The lowest BCUT2D eigenvalue weighted by atomic mass is 9.85. The highest BCUT2D eigenvalue weighted by atomic mass is 16.5. The zero-order chi connectivity index (χ0) is 14.5. The van der Waals surface area contributed by atoms with Gasteiger partial charge in [0.25, 0.3) is 0 Å². The van der Waals surface area contributed by atoms with Crippen LogP contribution >= 0.6 is 0 Å². The monoisotopic (exact) mass is 280 g/mol. The number of nitrogens with one attached hydrogen (secondary N) is 1. The number of rotatable bonds is 1. The Morgan fingerprint density at radius 2 is 2.00 bits per heavy atom. The van der Waals surface area contributed by atoms with Gasteiger partial charge in [-0.15, -0.1) is 0 Å². The Bertz CT molecular complexity index is 429. The molecule has 3 saturated heterocycles. The largest absolute Gasteiger partial charge is 0.373 e. The van der Waals surface area contributed by atoms with Gasteiger partial charge in [0.2, 0.25) is 11.8 Å². The van der Waals surface area contributed by atoms with Gasteiger partial charge in [-0.25, -0.2) is 0 Å². The van der Waals surface area contributed by atoms with Gasteiger partial charge in [0.15, 0.2) is 0 Å². The molecule has 3 aliphatic heterocycles. The molecule has 4 unspecified atom stereocenters. The fraction of sp³-hybridized carbons (Fsp3) is 0.867. The summed E-state index contributed by atoms with van der Waals surface area (Å²) in [7, 11) is 0. The third-order valence-corrected chi connectivity index (χ3v) is 4.76. The normalized spacial score (nSPS) is 38.0. The number of amides is 2. The van der Waals surface area contributed by atoms with Crippen molar-refractivity contribution in [1.29, 1.82) is 0 Å². The first-order chi connectivity index (χ1) is 9.36. The Balaban J connectivity index is 1.83. The molecule has 0 radical (unpaired) electrons. The van der Waals surface area contributed by atoms with Crippen molar-refractivity contribution >= 4 is 11.8 Å². The van der Waals surface area contributed by atoms with E-state index in [0.717, 1.165) is 19.3 Å². The predicted octanol–water partition coefficient (Wildman–Crippen LogP) is 1.07.